The number of carbonyl (C=O) groups excluding carboxylic acids is 2. The zero-order valence-electron chi connectivity index (χ0n) is 24.9. The molecule has 0 bridgehead atoms. The molecule has 0 saturated carbocycles. The summed E-state index contributed by atoms with van der Waals surface area (Å²) in [4.78, 5) is 24.3. The van der Waals surface area contributed by atoms with E-state index in [-0.39, 0.29) is 57.5 Å². The fourth-order valence-corrected chi connectivity index (χ4v) is 4.33. The Hall–Kier alpha value is -5.38. The molecule has 2 aliphatic rings. The molecule has 0 radical (unpaired) electrons. The highest BCUT2D eigenvalue weighted by Gasteiger charge is 2.18. The van der Waals surface area contributed by atoms with Crippen LogP contribution < -0.4 is 9.47 Å². The Morgan fingerprint density at radius 3 is 1.20 bits per heavy atom. The predicted octanol–water partition coefficient (Wildman–Crippen LogP) is 5.90. The molecule has 0 heterocycles. The molecule has 2 aromatic rings. The van der Waals surface area contributed by atoms with E-state index in [1.165, 1.54) is 50.6 Å². The molecular formula is C34H36O10. The van der Waals surface area contributed by atoms with Crippen LogP contribution in [0.4, 0.5) is 0 Å². The van der Waals surface area contributed by atoms with E-state index < -0.39 is 11.6 Å². The first kappa shape index (κ1) is 33.1. The van der Waals surface area contributed by atoms with Crippen molar-refractivity contribution in [2.45, 2.75) is 12.8 Å². The van der Waals surface area contributed by atoms with Gasteiger partial charge in [0.25, 0.3) is 0 Å². The lowest BCUT2D eigenvalue weighted by Crippen LogP contribution is -2.01. The molecular weight excluding hydrogens is 568 g/mol. The fourth-order valence-electron chi connectivity index (χ4n) is 4.33. The Balaban J connectivity index is 0.000000240. The van der Waals surface area contributed by atoms with Crippen molar-refractivity contribution in [3.63, 3.8) is 0 Å². The van der Waals surface area contributed by atoms with Crippen molar-refractivity contribution in [1.29, 1.82) is 0 Å². The molecule has 2 aromatic carbocycles. The maximum absolute atomic E-state index is 12.1. The molecule has 232 valence electrons. The second-order valence-corrected chi connectivity index (χ2v) is 9.67. The molecule has 0 spiro atoms. The quantitative estimate of drug-likeness (QED) is 0.190. The van der Waals surface area contributed by atoms with Crippen LogP contribution in [0.25, 0.3) is 0 Å². The first-order valence-electron chi connectivity index (χ1n) is 13.6. The number of ketones is 2. The van der Waals surface area contributed by atoms with Crippen molar-refractivity contribution < 1.29 is 49.0 Å². The van der Waals surface area contributed by atoms with Gasteiger partial charge >= 0.3 is 0 Å². The van der Waals surface area contributed by atoms with Gasteiger partial charge in [-0.1, -0.05) is 24.3 Å². The van der Waals surface area contributed by atoms with Crippen LogP contribution in [0.1, 0.15) is 33.6 Å². The number of phenols is 4. The summed E-state index contributed by atoms with van der Waals surface area (Å²) in [6.07, 6.45) is 19.0. The number of allylic oxidation sites excluding steroid dienone is 10. The van der Waals surface area contributed by atoms with Crippen LogP contribution >= 0.6 is 0 Å². The number of aromatic hydroxyl groups is 4. The summed E-state index contributed by atoms with van der Waals surface area (Å²) >= 11 is 0. The van der Waals surface area contributed by atoms with Gasteiger partial charge in [0.2, 0.25) is 0 Å². The fraction of sp³-hybridized carbons (Fsp3) is 0.235. The number of hydrogen-bond acceptors (Lipinski definition) is 10. The van der Waals surface area contributed by atoms with E-state index in [9.17, 15) is 30.0 Å². The van der Waals surface area contributed by atoms with E-state index in [4.69, 9.17) is 18.9 Å². The highest BCUT2D eigenvalue weighted by Crippen LogP contribution is 2.34. The van der Waals surface area contributed by atoms with Crippen molar-refractivity contribution in [2.24, 2.45) is 11.8 Å². The van der Waals surface area contributed by atoms with Gasteiger partial charge in [-0.15, -0.1) is 0 Å². The average molecular weight is 605 g/mol. The standard InChI is InChI=1S/2C17H18O5/c2*1-21-12-6-3-11(4-7-12)5-8-14(18)17-15(19)9-13(22-2)10-16(17)20/h2*3,5-11,19-20H,4H2,1-2H3. The Morgan fingerprint density at radius 2 is 0.955 bits per heavy atom. The van der Waals surface area contributed by atoms with Gasteiger partial charge in [-0.05, 0) is 61.1 Å². The lowest BCUT2D eigenvalue weighted by molar-refractivity contribution is 0.103. The summed E-state index contributed by atoms with van der Waals surface area (Å²) in [5.74, 6) is 0.115. The summed E-state index contributed by atoms with van der Waals surface area (Å²) in [6.45, 7) is 0. The molecule has 0 amide bonds. The normalized spacial score (nSPS) is 17.4. The summed E-state index contributed by atoms with van der Waals surface area (Å²) in [5.41, 5.74) is -0.269. The summed E-state index contributed by atoms with van der Waals surface area (Å²) < 4.78 is 20.0. The van der Waals surface area contributed by atoms with Crippen molar-refractivity contribution in [3.8, 4) is 34.5 Å². The first-order chi connectivity index (χ1) is 21.1. The number of benzene rings is 2. The average Bonchev–Trinajstić information content (AvgIpc) is 3.02. The smallest absolute Gasteiger partial charge is 0.193 e. The molecule has 2 unspecified atom stereocenters. The largest absolute Gasteiger partial charge is 0.507 e. The van der Waals surface area contributed by atoms with E-state index in [1.54, 1.807) is 26.4 Å². The van der Waals surface area contributed by atoms with Crippen molar-refractivity contribution in [2.75, 3.05) is 28.4 Å². The summed E-state index contributed by atoms with van der Waals surface area (Å²) in [5, 5.41) is 39.4. The minimum Gasteiger partial charge on any atom is -0.507 e. The van der Waals surface area contributed by atoms with Gasteiger partial charge in [0.05, 0.1) is 28.4 Å². The lowest BCUT2D eigenvalue weighted by atomic mass is 9.98. The van der Waals surface area contributed by atoms with E-state index >= 15 is 0 Å². The Morgan fingerprint density at radius 1 is 0.614 bits per heavy atom. The van der Waals surface area contributed by atoms with Crippen LogP contribution in [0, 0.1) is 11.8 Å². The van der Waals surface area contributed by atoms with E-state index in [1.807, 2.05) is 36.5 Å². The highest BCUT2D eigenvalue weighted by molar-refractivity contribution is 6.09. The minimum atomic E-state index is -0.465. The Bertz CT molecular complexity index is 1380. The van der Waals surface area contributed by atoms with E-state index in [0.29, 0.717) is 0 Å². The summed E-state index contributed by atoms with van der Waals surface area (Å²) in [6, 6.07) is 5.15. The van der Waals surface area contributed by atoms with Crippen LogP contribution in [0.15, 0.2) is 96.5 Å². The van der Waals surface area contributed by atoms with Crippen molar-refractivity contribution >= 4 is 11.6 Å². The zero-order chi connectivity index (χ0) is 32.2. The molecule has 10 heteroatoms. The SMILES string of the molecule is COC1=CCC(C=CC(=O)c2c(O)cc(OC)cc2O)C=C1.COC1=CCC(C=CC(=O)c2c(O)cc(OC)cc2O)C=C1. The van der Waals surface area contributed by atoms with Crippen LogP contribution in [0.3, 0.4) is 0 Å². The van der Waals surface area contributed by atoms with E-state index in [2.05, 4.69) is 0 Å². The number of rotatable bonds is 10. The van der Waals surface area contributed by atoms with Crippen LogP contribution in [0.5, 0.6) is 34.5 Å². The zero-order valence-corrected chi connectivity index (χ0v) is 24.9. The lowest BCUT2D eigenvalue weighted by Gasteiger charge is -2.11. The van der Waals surface area contributed by atoms with Gasteiger partial charge in [-0.2, -0.15) is 0 Å². The number of phenolic OH excluding ortho intramolecular Hbond substituents is 4. The molecule has 0 saturated heterocycles. The number of ether oxygens (including phenoxy) is 4. The molecule has 4 rings (SSSR count). The Labute approximate surface area is 255 Å². The molecule has 2 atom stereocenters. The van der Waals surface area contributed by atoms with Gasteiger partial charge in [-0.3, -0.25) is 9.59 Å². The van der Waals surface area contributed by atoms with Gasteiger partial charge in [-0.25, -0.2) is 0 Å². The second-order valence-electron chi connectivity index (χ2n) is 9.67. The van der Waals surface area contributed by atoms with Crippen LogP contribution in [-0.2, 0) is 9.47 Å². The van der Waals surface area contributed by atoms with E-state index in [0.717, 1.165) is 24.4 Å². The first-order valence-corrected chi connectivity index (χ1v) is 13.6. The topological polar surface area (TPSA) is 152 Å². The molecule has 0 aliphatic heterocycles. The number of hydrogen-bond donors (Lipinski definition) is 4. The molecule has 4 N–H and O–H groups in total. The third kappa shape index (κ3) is 8.81. The molecule has 0 aromatic heterocycles. The molecule has 44 heavy (non-hydrogen) atoms. The monoisotopic (exact) mass is 604 g/mol. The second kappa shape index (κ2) is 15.7. The van der Waals surface area contributed by atoms with Gasteiger partial charge in [0.1, 0.15) is 57.1 Å². The maximum atomic E-state index is 12.1. The molecule has 2 aliphatic carbocycles. The third-order valence-electron chi connectivity index (χ3n) is 6.76. The van der Waals surface area contributed by atoms with Crippen molar-refractivity contribution in [3.05, 3.63) is 108 Å². The molecule has 0 fully saturated rings. The van der Waals surface area contributed by atoms with Gasteiger partial charge < -0.3 is 39.4 Å². The van der Waals surface area contributed by atoms with Crippen molar-refractivity contribution in [1.82, 2.24) is 0 Å². The van der Waals surface area contributed by atoms with Crippen LogP contribution in [0.2, 0.25) is 0 Å². The minimum absolute atomic E-state index is 0.0744. The maximum Gasteiger partial charge on any atom is 0.193 e. The highest BCUT2D eigenvalue weighted by atomic mass is 16.5. The number of methoxy groups -OCH3 is 4. The molecule has 10 nitrogen and oxygen atoms in total. The Kier molecular flexibility index (Phi) is 11.8. The summed E-state index contributed by atoms with van der Waals surface area (Å²) in [7, 11) is 6.02. The predicted molar refractivity (Wildman–Crippen MR) is 164 cm³/mol. The van der Waals surface area contributed by atoms with Crippen LogP contribution in [-0.4, -0.2) is 60.4 Å². The number of carbonyl (C=O) groups is 2. The van der Waals surface area contributed by atoms with Gasteiger partial charge in [0, 0.05) is 24.3 Å². The third-order valence-corrected chi connectivity index (χ3v) is 6.76. The van der Waals surface area contributed by atoms with Gasteiger partial charge in [0.15, 0.2) is 11.6 Å².